The van der Waals surface area contributed by atoms with Crippen LogP contribution in [-0.2, 0) is 10.5 Å². The highest BCUT2D eigenvalue weighted by Crippen LogP contribution is 2.17. The van der Waals surface area contributed by atoms with E-state index >= 15 is 0 Å². The van der Waals surface area contributed by atoms with Crippen LogP contribution in [0.3, 0.4) is 0 Å². The van der Waals surface area contributed by atoms with Crippen LogP contribution in [0.5, 0.6) is 0 Å². The summed E-state index contributed by atoms with van der Waals surface area (Å²) in [4.78, 5) is 27.2. The molecule has 0 aliphatic heterocycles. The number of hydrogen-bond donors (Lipinski definition) is 1. The summed E-state index contributed by atoms with van der Waals surface area (Å²) in [7, 11) is 0. The summed E-state index contributed by atoms with van der Waals surface area (Å²) < 4.78 is 1.47. The van der Waals surface area contributed by atoms with Crippen molar-refractivity contribution in [3.8, 4) is 0 Å². The van der Waals surface area contributed by atoms with E-state index in [-0.39, 0.29) is 5.56 Å². The predicted octanol–water partition coefficient (Wildman–Crippen LogP) is 1.46. The maximum absolute atomic E-state index is 11.6. The second kappa shape index (κ2) is 4.89. The van der Waals surface area contributed by atoms with Gasteiger partial charge in [0.05, 0.1) is 10.9 Å². The summed E-state index contributed by atoms with van der Waals surface area (Å²) in [5.74, 6) is -0.430. The molecule has 2 heterocycles. The van der Waals surface area contributed by atoms with Crippen LogP contribution in [0, 0.1) is 0 Å². The molecule has 0 saturated heterocycles. The van der Waals surface area contributed by atoms with E-state index in [1.165, 1.54) is 33.6 Å². The van der Waals surface area contributed by atoms with Gasteiger partial charge in [0.1, 0.15) is 0 Å². The number of thioether (sulfide) groups is 1. The van der Waals surface area contributed by atoms with Gasteiger partial charge in [0, 0.05) is 23.4 Å². The summed E-state index contributed by atoms with van der Waals surface area (Å²) in [6.45, 7) is 1.61. The average molecular weight is 270 g/mol. The number of rotatable bonds is 4. The van der Waals surface area contributed by atoms with E-state index in [1.54, 1.807) is 18.5 Å². The number of carboxylic acid groups (broad SMARTS) is 1. The van der Waals surface area contributed by atoms with Crippen molar-refractivity contribution in [2.75, 3.05) is 0 Å². The number of aromatic nitrogens is 2. The molecule has 2 aromatic heterocycles. The molecule has 2 rings (SSSR count). The molecule has 0 saturated carbocycles. The maximum Gasteiger partial charge on any atom is 0.316 e. The molecule has 0 radical (unpaired) electrons. The van der Waals surface area contributed by atoms with Crippen molar-refractivity contribution in [2.24, 2.45) is 0 Å². The summed E-state index contributed by atoms with van der Waals surface area (Å²) in [5, 5.41) is 10.0. The van der Waals surface area contributed by atoms with Crippen molar-refractivity contribution in [1.82, 2.24) is 9.38 Å². The van der Waals surface area contributed by atoms with Crippen LogP contribution in [0.25, 0.3) is 4.96 Å². The number of fused-ring (bicyclic) bond motifs is 1. The Hall–Kier alpha value is -1.34. The third-order valence-corrected chi connectivity index (χ3v) is 4.11. The molecule has 0 aromatic carbocycles. The second-order valence-corrected chi connectivity index (χ2v) is 5.63. The summed E-state index contributed by atoms with van der Waals surface area (Å²) in [5.41, 5.74) is 0.491. The molecule has 0 spiro atoms. The lowest BCUT2D eigenvalue weighted by atomic mass is 10.4. The monoisotopic (exact) mass is 270 g/mol. The third kappa shape index (κ3) is 2.67. The molecular formula is C10H10N2O3S2. The van der Waals surface area contributed by atoms with Crippen LogP contribution in [0.2, 0.25) is 0 Å². The van der Waals surface area contributed by atoms with Crippen LogP contribution in [0.1, 0.15) is 12.6 Å². The van der Waals surface area contributed by atoms with Crippen molar-refractivity contribution in [1.29, 1.82) is 0 Å². The molecule has 0 aliphatic rings. The first-order valence-electron chi connectivity index (χ1n) is 4.88. The Morgan fingerprint density at radius 1 is 1.71 bits per heavy atom. The highest BCUT2D eigenvalue weighted by atomic mass is 32.2. The van der Waals surface area contributed by atoms with Crippen molar-refractivity contribution in [2.45, 2.75) is 17.9 Å². The maximum atomic E-state index is 11.6. The number of nitrogens with zero attached hydrogens (tertiary/aromatic N) is 2. The largest absolute Gasteiger partial charge is 0.480 e. The molecular weight excluding hydrogens is 260 g/mol. The second-order valence-electron chi connectivity index (χ2n) is 3.43. The van der Waals surface area contributed by atoms with Crippen molar-refractivity contribution < 1.29 is 9.90 Å². The number of hydrogen-bond acceptors (Lipinski definition) is 5. The lowest BCUT2D eigenvalue weighted by molar-refractivity contribution is -0.136. The Balaban J connectivity index is 2.19. The van der Waals surface area contributed by atoms with Gasteiger partial charge in [-0.1, -0.05) is 0 Å². The Morgan fingerprint density at radius 2 is 2.47 bits per heavy atom. The fourth-order valence-electron chi connectivity index (χ4n) is 1.24. The van der Waals surface area contributed by atoms with Crippen LogP contribution in [0.4, 0.5) is 0 Å². The van der Waals surface area contributed by atoms with E-state index in [0.717, 1.165) is 0 Å². The quantitative estimate of drug-likeness (QED) is 0.910. The lowest BCUT2D eigenvalue weighted by Crippen LogP contribution is -2.14. The van der Waals surface area contributed by atoms with E-state index in [9.17, 15) is 9.59 Å². The Labute approximate surface area is 105 Å². The number of carboxylic acids is 1. The van der Waals surface area contributed by atoms with Gasteiger partial charge in [-0.2, -0.15) is 0 Å². The minimum Gasteiger partial charge on any atom is -0.480 e. The van der Waals surface area contributed by atoms with Gasteiger partial charge in [-0.25, -0.2) is 4.98 Å². The molecule has 1 N–H and O–H groups in total. The first-order valence-corrected chi connectivity index (χ1v) is 6.81. The van der Waals surface area contributed by atoms with E-state index in [0.29, 0.717) is 16.4 Å². The lowest BCUT2D eigenvalue weighted by Gasteiger charge is -2.05. The van der Waals surface area contributed by atoms with Gasteiger partial charge in [0.15, 0.2) is 4.96 Å². The molecule has 0 bridgehead atoms. The number of aliphatic carboxylic acids is 1. The molecule has 5 nitrogen and oxygen atoms in total. The van der Waals surface area contributed by atoms with E-state index in [4.69, 9.17) is 5.11 Å². The minimum absolute atomic E-state index is 0.130. The van der Waals surface area contributed by atoms with Crippen LogP contribution in [-0.4, -0.2) is 25.7 Å². The SMILES string of the molecule is CC(SCc1cc(=O)n2ccsc2n1)C(=O)O. The highest BCUT2D eigenvalue weighted by Gasteiger charge is 2.12. The van der Waals surface area contributed by atoms with Gasteiger partial charge < -0.3 is 5.11 Å². The predicted molar refractivity (Wildman–Crippen MR) is 67.7 cm³/mol. The van der Waals surface area contributed by atoms with E-state index < -0.39 is 11.2 Å². The van der Waals surface area contributed by atoms with Crippen molar-refractivity contribution in [3.05, 3.63) is 33.7 Å². The van der Waals surface area contributed by atoms with E-state index in [1.807, 2.05) is 0 Å². The molecule has 0 fully saturated rings. The molecule has 1 atom stereocenters. The average Bonchev–Trinajstić information content (AvgIpc) is 2.74. The topological polar surface area (TPSA) is 71.7 Å². The normalized spacial score (nSPS) is 12.8. The zero-order chi connectivity index (χ0) is 12.4. The fraction of sp³-hybridized carbons (Fsp3) is 0.300. The minimum atomic E-state index is -0.857. The van der Waals surface area contributed by atoms with Crippen LogP contribution < -0.4 is 5.56 Å². The molecule has 1 unspecified atom stereocenters. The first-order chi connectivity index (χ1) is 8.08. The Bertz CT molecular complexity index is 605. The summed E-state index contributed by atoms with van der Waals surface area (Å²) in [6, 6.07) is 1.45. The third-order valence-electron chi connectivity index (χ3n) is 2.19. The molecule has 7 heteroatoms. The van der Waals surface area contributed by atoms with E-state index in [2.05, 4.69) is 4.98 Å². The number of carbonyl (C=O) groups is 1. The molecule has 17 heavy (non-hydrogen) atoms. The van der Waals surface area contributed by atoms with Gasteiger partial charge >= 0.3 is 5.97 Å². The van der Waals surface area contributed by atoms with Crippen molar-refractivity contribution in [3.63, 3.8) is 0 Å². The van der Waals surface area contributed by atoms with Crippen LogP contribution in [0.15, 0.2) is 22.4 Å². The van der Waals surface area contributed by atoms with Gasteiger partial charge in [-0.15, -0.1) is 23.1 Å². The standard InChI is InChI=1S/C10H10N2O3S2/c1-6(9(14)15)17-5-7-4-8(13)12-2-3-16-10(12)11-7/h2-4,6H,5H2,1H3,(H,14,15). The Morgan fingerprint density at radius 3 is 3.18 bits per heavy atom. The Kier molecular flexibility index (Phi) is 3.49. The van der Waals surface area contributed by atoms with Gasteiger partial charge in [0.2, 0.25) is 0 Å². The molecule has 2 aromatic rings. The zero-order valence-electron chi connectivity index (χ0n) is 8.99. The molecule has 90 valence electrons. The van der Waals surface area contributed by atoms with Crippen LogP contribution >= 0.6 is 23.1 Å². The molecule has 0 amide bonds. The van der Waals surface area contributed by atoms with Gasteiger partial charge in [-0.05, 0) is 6.92 Å². The molecule has 0 aliphatic carbocycles. The van der Waals surface area contributed by atoms with Gasteiger partial charge in [-0.3, -0.25) is 14.0 Å². The number of thiazole rings is 1. The first kappa shape index (κ1) is 12.1. The smallest absolute Gasteiger partial charge is 0.316 e. The van der Waals surface area contributed by atoms with Gasteiger partial charge in [0.25, 0.3) is 5.56 Å². The zero-order valence-corrected chi connectivity index (χ0v) is 10.6. The van der Waals surface area contributed by atoms with Crippen molar-refractivity contribution >= 4 is 34.0 Å². The summed E-state index contributed by atoms with van der Waals surface area (Å²) in [6.07, 6.45) is 1.67. The summed E-state index contributed by atoms with van der Waals surface area (Å²) >= 11 is 2.63. The highest BCUT2D eigenvalue weighted by molar-refractivity contribution is 7.99. The fourth-order valence-corrected chi connectivity index (χ4v) is 2.69.